The van der Waals surface area contributed by atoms with Crippen LogP contribution < -0.4 is 12.4 Å². The first-order valence-corrected chi connectivity index (χ1v) is 9.77. The summed E-state index contributed by atoms with van der Waals surface area (Å²) in [6.45, 7) is -0.954. The number of nitro groups is 1. The standard InChI is InChI=1S/C16H24NO8S.ClH/c18-5-14(25-7-10-3-1-2-4-11(10)17(23)24)12(20)8-26-9-13(21)16(22)15(26)6-19;/h1-4,12-16,18-22H,5-9H2;1H/q+1;/p-1/t12-,13-,14+,15-,16+,26?;/m1./s1. The Bertz CT molecular complexity index is 610. The molecule has 0 amide bonds. The minimum atomic E-state index is -1.10. The second-order valence-electron chi connectivity index (χ2n) is 6.13. The molecule has 1 aromatic rings. The van der Waals surface area contributed by atoms with E-state index in [4.69, 9.17) is 4.74 Å². The largest absolute Gasteiger partial charge is 1.00 e. The average Bonchev–Trinajstić information content (AvgIpc) is 2.88. The van der Waals surface area contributed by atoms with Crippen LogP contribution in [0.15, 0.2) is 24.3 Å². The normalized spacial score (nSPS) is 27.0. The summed E-state index contributed by atoms with van der Waals surface area (Å²) in [5, 5.41) is 59.3. The number of aliphatic hydroxyl groups excluding tert-OH is 5. The second-order valence-corrected chi connectivity index (χ2v) is 8.48. The highest BCUT2D eigenvalue weighted by molar-refractivity contribution is 7.97. The van der Waals surface area contributed by atoms with Crippen LogP contribution in [-0.4, -0.2) is 84.8 Å². The molecule has 1 fully saturated rings. The zero-order valence-electron chi connectivity index (χ0n) is 14.4. The maximum Gasteiger partial charge on any atom is 0.274 e. The van der Waals surface area contributed by atoms with Gasteiger partial charge in [-0.15, -0.1) is 0 Å². The molecule has 1 heterocycles. The van der Waals surface area contributed by atoms with E-state index >= 15 is 0 Å². The Morgan fingerprint density at radius 3 is 2.56 bits per heavy atom. The van der Waals surface area contributed by atoms with Crippen molar-refractivity contribution in [1.82, 2.24) is 0 Å². The van der Waals surface area contributed by atoms with Gasteiger partial charge in [-0.25, -0.2) is 0 Å². The summed E-state index contributed by atoms with van der Waals surface area (Å²) >= 11 is 0. The van der Waals surface area contributed by atoms with Crippen molar-refractivity contribution in [2.24, 2.45) is 0 Å². The van der Waals surface area contributed by atoms with Gasteiger partial charge in [0.05, 0.1) is 30.3 Å². The molecule has 0 aromatic heterocycles. The van der Waals surface area contributed by atoms with Crippen LogP contribution in [0.25, 0.3) is 0 Å². The third-order valence-corrected chi connectivity index (χ3v) is 7.23. The van der Waals surface area contributed by atoms with E-state index in [-0.39, 0.29) is 42.8 Å². The number of hydrogen-bond donors (Lipinski definition) is 5. The fourth-order valence-electron chi connectivity index (χ4n) is 2.91. The summed E-state index contributed by atoms with van der Waals surface area (Å²) in [6.07, 6.45) is -4.08. The van der Waals surface area contributed by atoms with Crippen molar-refractivity contribution in [1.29, 1.82) is 0 Å². The Morgan fingerprint density at radius 1 is 1.30 bits per heavy atom. The van der Waals surface area contributed by atoms with Crippen LogP contribution >= 0.6 is 0 Å². The van der Waals surface area contributed by atoms with Crippen molar-refractivity contribution in [2.45, 2.75) is 36.3 Å². The van der Waals surface area contributed by atoms with Gasteiger partial charge < -0.3 is 42.7 Å². The highest BCUT2D eigenvalue weighted by atomic mass is 35.5. The summed E-state index contributed by atoms with van der Waals surface area (Å²) in [5.41, 5.74) is 0.216. The van der Waals surface area contributed by atoms with E-state index in [0.717, 1.165) is 0 Å². The van der Waals surface area contributed by atoms with Crippen LogP contribution in [0.4, 0.5) is 5.69 Å². The molecule has 0 spiro atoms. The summed E-state index contributed by atoms with van der Waals surface area (Å²) in [4.78, 5) is 10.5. The molecule has 2 rings (SSSR count). The first kappa shape index (κ1) is 24.1. The Balaban J connectivity index is 0.00000364. The second kappa shape index (κ2) is 11.1. The molecule has 6 atom stereocenters. The lowest BCUT2D eigenvalue weighted by Gasteiger charge is -2.22. The number of nitrogens with zero attached hydrogens (tertiary/aromatic N) is 1. The predicted octanol–water partition coefficient (Wildman–Crippen LogP) is -4.45. The minimum Gasteiger partial charge on any atom is -1.00 e. The molecule has 5 N–H and O–H groups in total. The number of ether oxygens (including phenoxy) is 1. The summed E-state index contributed by atoms with van der Waals surface area (Å²) < 4.78 is 5.48. The molecule has 0 bridgehead atoms. The molecule has 11 heteroatoms. The molecule has 27 heavy (non-hydrogen) atoms. The number of rotatable bonds is 9. The van der Waals surface area contributed by atoms with Crippen LogP contribution in [0.3, 0.4) is 0 Å². The quantitative estimate of drug-likeness (QED) is 0.151. The first-order chi connectivity index (χ1) is 12.4. The molecule has 1 unspecified atom stereocenters. The van der Waals surface area contributed by atoms with Gasteiger partial charge in [0.15, 0.2) is 5.25 Å². The molecule has 1 saturated heterocycles. The molecule has 9 nitrogen and oxygen atoms in total. The number of benzene rings is 1. The monoisotopic (exact) mass is 425 g/mol. The fourth-order valence-corrected chi connectivity index (χ4v) is 5.62. The van der Waals surface area contributed by atoms with Gasteiger partial charge in [0.2, 0.25) is 0 Å². The van der Waals surface area contributed by atoms with Crippen molar-refractivity contribution < 1.29 is 47.6 Å². The molecular formula is C16H24ClNO8S. The van der Waals surface area contributed by atoms with Crippen LogP contribution in [0.2, 0.25) is 0 Å². The van der Waals surface area contributed by atoms with Gasteiger partial charge in [0, 0.05) is 17.0 Å². The number of aliphatic hydroxyl groups is 5. The topological polar surface area (TPSA) is 154 Å². The molecule has 0 radical (unpaired) electrons. The SMILES string of the molecule is O=[N+]([O-])c1ccccc1CO[C@@H](CO)[C@H](O)C[S+]1C[C@@H](O)[C@H](O)[C@H]1CO.[Cl-]. The molecule has 1 aromatic carbocycles. The maximum absolute atomic E-state index is 11.0. The van der Waals surface area contributed by atoms with Crippen LogP contribution in [0.1, 0.15) is 5.56 Å². The van der Waals surface area contributed by atoms with E-state index in [1.54, 1.807) is 6.07 Å². The van der Waals surface area contributed by atoms with Gasteiger partial charge in [0.1, 0.15) is 35.9 Å². The van der Waals surface area contributed by atoms with E-state index in [9.17, 15) is 35.6 Å². The molecule has 154 valence electrons. The Kier molecular flexibility index (Phi) is 9.91. The lowest BCUT2D eigenvalue weighted by atomic mass is 10.2. The highest BCUT2D eigenvalue weighted by Crippen LogP contribution is 2.26. The number of para-hydroxylation sites is 1. The number of halogens is 1. The summed E-state index contributed by atoms with van der Waals surface area (Å²) in [6, 6.07) is 6.04. The molecular weight excluding hydrogens is 402 g/mol. The van der Waals surface area contributed by atoms with Crippen molar-refractivity contribution in [3.63, 3.8) is 0 Å². The van der Waals surface area contributed by atoms with Crippen molar-refractivity contribution in [2.75, 3.05) is 24.7 Å². The van der Waals surface area contributed by atoms with Gasteiger partial charge in [0.25, 0.3) is 5.69 Å². The van der Waals surface area contributed by atoms with Gasteiger partial charge in [-0.3, -0.25) is 10.1 Å². The van der Waals surface area contributed by atoms with E-state index in [1.165, 1.54) is 18.2 Å². The highest BCUT2D eigenvalue weighted by Gasteiger charge is 2.50. The van der Waals surface area contributed by atoms with E-state index in [1.807, 2.05) is 0 Å². The van der Waals surface area contributed by atoms with E-state index in [0.29, 0.717) is 5.56 Å². The lowest BCUT2D eigenvalue weighted by molar-refractivity contribution is -0.386. The van der Waals surface area contributed by atoms with Gasteiger partial charge in [-0.2, -0.15) is 0 Å². The van der Waals surface area contributed by atoms with Crippen molar-refractivity contribution >= 4 is 16.6 Å². The van der Waals surface area contributed by atoms with E-state index < -0.39 is 52.1 Å². The van der Waals surface area contributed by atoms with Crippen LogP contribution in [-0.2, 0) is 22.2 Å². The van der Waals surface area contributed by atoms with Crippen LogP contribution in [0.5, 0.6) is 0 Å². The average molecular weight is 426 g/mol. The fraction of sp³-hybridized carbons (Fsp3) is 0.625. The smallest absolute Gasteiger partial charge is 0.274 e. The Labute approximate surface area is 165 Å². The minimum absolute atomic E-state index is 0. The third kappa shape index (κ3) is 6.00. The Hall–Kier alpha value is -0.980. The first-order valence-electron chi connectivity index (χ1n) is 8.15. The molecule has 0 aliphatic carbocycles. The lowest BCUT2D eigenvalue weighted by Crippen LogP contribution is -3.00. The third-order valence-electron chi connectivity index (χ3n) is 4.40. The zero-order chi connectivity index (χ0) is 19.3. The number of hydrogen-bond acceptors (Lipinski definition) is 8. The van der Waals surface area contributed by atoms with Gasteiger partial charge >= 0.3 is 0 Å². The maximum atomic E-state index is 11.0. The Morgan fingerprint density at radius 2 is 1.96 bits per heavy atom. The van der Waals surface area contributed by atoms with Crippen molar-refractivity contribution in [3.8, 4) is 0 Å². The van der Waals surface area contributed by atoms with Crippen LogP contribution in [0, 0.1) is 10.1 Å². The van der Waals surface area contributed by atoms with Gasteiger partial charge in [-0.05, 0) is 6.07 Å². The van der Waals surface area contributed by atoms with E-state index in [2.05, 4.69) is 0 Å². The predicted molar refractivity (Wildman–Crippen MR) is 94.8 cm³/mol. The summed E-state index contributed by atoms with van der Waals surface area (Å²) in [7, 11) is -0.637. The number of nitro benzene ring substituents is 1. The zero-order valence-corrected chi connectivity index (χ0v) is 16.0. The molecule has 1 aliphatic heterocycles. The molecule has 1 aliphatic rings. The van der Waals surface area contributed by atoms with Crippen molar-refractivity contribution in [3.05, 3.63) is 39.9 Å². The molecule has 0 saturated carbocycles. The van der Waals surface area contributed by atoms with Gasteiger partial charge in [-0.1, -0.05) is 12.1 Å². The summed E-state index contributed by atoms with van der Waals surface area (Å²) in [5.74, 6) is 0.396.